The van der Waals surface area contributed by atoms with Gasteiger partial charge in [-0.15, -0.1) is 10.2 Å². The average molecular weight is 486 g/mol. The Morgan fingerprint density at radius 2 is 1.62 bits per heavy atom. The first-order valence-corrected chi connectivity index (χ1v) is 11.2. The topological polar surface area (TPSA) is 42.7 Å². The van der Waals surface area contributed by atoms with Crippen LogP contribution < -0.4 is 5.32 Å². The number of benzene rings is 3. The fraction of sp³-hybridized carbons (Fsp3) is 0.0909. The second-order valence-electron chi connectivity index (χ2n) is 6.35. The maximum Gasteiger partial charge on any atom is 0.196 e. The Morgan fingerprint density at radius 1 is 0.897 bits per heavy atom. The van der Waals surface area contributed by atoms with Crippen LogP contribution >= 0.6 is 39.3 Å². The van der Waals surface area contributed by atoms with E-state index in [0.29, 0.717) is 6.54 Å². The molecule has 0 amide bonds. The number of thioether (sulfide) groups is 1. The molecule has 0 fully saturated rings. The molecule has 7 heteroatoms. The molecule has 0 unspecified atom stereocenters. The van der Waals surface area contributed by atoms with Gasteiger partial charge in [0.05, 0.1) is 6.54 Å². The molecule has 0 aliphatic rings. The minimum Gasteiger partial charge on any atom is -0.378 e. The van der Waals surface area contributed by atoms with Crippen molar-refractivity contribution in [1.82, 2.24) is 14.8 Å². The van der Waals surface area contributed by atoms with Gasteiger partial charge in [-0.2, -0.15) is 0 Å². The van der Waals surface area contributed by atoms with Crippen LogP contribution in [-0.2, 0) is 12.3 Å². The van der Waals surface area contributed by atoms with Crippen LogP contribution in [0.5, 0.6) is 0 Å². The van der Waals surface area contributed by atoms with Crippen molar-refractivity contribution < 1.29 is 0 Å². The molecule has 0 radical (unpaired) electrons. The van der Waals surface area contributed by atoms with Crippen molar-refractivity contribution in [2.75, 3.05) is 5.32 Å². The summed E-state index contributed by atoms with van der Waals surface area (Å²) in [7, 11) is 0. The second-order valence-corrected chi connectivity index (χ2v) is 8.64. The molecule has 0 saturated heterocycles. The molecule has 29 heavy (non-hydrogen) atoms. The quantitative estimate of drug-likeness (QED) is 0.300. The summed E-state index contributed by atoms with van der Waals surface area (Å²) in [6.07, 6.45) is 0. The summed E-state index contributed by atoms with van der Waals surface area (Å²) in [6.45, 7) is 0.558. The normalized spacial score (nSPS) is 10.8. The van der Waals surface area contributed by atoms with E-state index in [2.05, 4.69) is 72.4 Å². The van der Waals surface area contributed by atoms with E-state index < -0.39 is 0 Å². The van der Waals surface area contributed by atoms with Crippen LogP contribution in [0.15, 0.2) is 88.5 Å². The minimum absolute atomic E-state index is 0.558. The molecule has 4 aromatic rings. The molecule has 1 heterocycles. The molecule has 0 aliphatic heterocycles. The Kier molecular flexibility index (Phi) is 6.54. The molecule has 0 saturated carbocycles. The fourth-order valence-corrected chi connectivity index (χ4v) is 4.14. The standard InChI is InChI=1S/C22H18BrClN4S/c23-17-8-6-16(7-9-17)15-29-22-27-26-21(28(22)20-4-2-1-3-5-20)14-25-19-12-10-18(24)11-13-19/h1-13,25H,14-15H2. The van der Waals surface area contributed by atoms with E-state index in [1.165, 1.54) is 5.56 Å². The van der Waals surface area contributed by atoms with E-state index in [9.17, 15) is 0 Å². The highest BCUT2D eigenvalue weighted by Gasteiger charge is 2.14. The number of anilines is 1. The molecule has 0 atom stereocenters. The van der Waals surface area contributed by atoms with Crippen LogP contribution in [0.4, 0.5) is 5.69 Å². The maximum atomic E-state index is 5.97. The molecule has 146 valence electrons. The van der Waals surface area contributed by atoms with Crippen molar-refractivity contribution in [1.29, 1.82) is 0 Å². The van der Waals surface area contributed by atoms with Gasteiger partial charge < -0.3 is 5.32 Å². The highest BCUT2D eigenvalue weighted by molar-refractivity contribution is 9.10. The fourth-order valence-electron chi connectivity index (χ4n) is 2.82. The Balaban J connectivity index is 1.56. The van der Waals surface area contributed by atoms with Crippen molar-refractivity contribution in [3.8, 4) is 5.69 Å². The van der Waals surface area contributed by atoms with Gasteiger partial charge in [0.25, 0.3) is 0 Å². The van der Waals surface area contributed by atoms with Gasteiger partial charge >= 0.3 is 0 Å². The molecule has 1 N–H and O–H groups in total. The van der Waals surface area contributed by atoms with Crippen molar-refractivity contribution in [3.05, 3.63) is 99.7 Å². The summed E-state index contributed by atoms with van der Waals surface area (Å²) < 4.78 is 3.18. The van der Waals surface area contributed by atoms with E-state index in [-0.39, 0.29) is 0 Å². The number of nitrogens with zero attached hydrogens (tertiary/aromatic N) is 3. The molecule has 0 spiro atoms. The van der Waals surface area contributed by atoms with E-state index in [1.54, 1.807) is 11.8 Å². The number of nitrogens with one attached hydrogen (secondary N) is 1. The Morgan fingerprint density at radius 3 is 2.34 bits per heavy atom. The third-order valence-corrected chi connectivity index (χ3v) is 6.07. The van der Waals surface area contributed by atoms with Gasteiger partial charge in [-0.25, -0.2) is 0 Å². The van der Waals surface area contributed by atoms with Crippen LogP contribution in [0.1, 0.15) is 11.4 Å². The zero-order valence-electron chi connectivity index (χ0n) is 15.4. The molecule has 3 aromatic carbocycles. The van der Waals surface area contributed by atoms with E-state index in [0.717, 1.165) is 37.6 Å². The lowest BCUT2D eigenvalue weighted by Crippen LogP contribution is -2.08. The van der Waals surface area contributed by atoms with E-state index >= 15 is 0 Å². The lowest BCUT2D eigenvalue weighted by Gasteiger charge is -2.11. The first-order valence-electron chi connectivity index (χ1n) is 9.05. The van der Waals surface area contributed by atoms with Gasteiger partial charge in [0, 0.05) is 26.6 Å². The summed E-state index contributed by atoms with van der Waals surface area (Å²) >= 11 is 11.1. The number of hydrogen-bond donors (Lipinski definition) is 1. The maximum absolute atomic E-state index is 5.97. The second kappa shape index (κ2) is 9.48. The highest BCUT2D eigenvalue weighted by Crippen LogP contribution is 2.26. The number of halogens is 2. The largest absolute Gasteiger partial charge is 0.378 e. The van der Waals surface area contributed by atoms with Gasteiger partial charge in [0.2, 0.25) is 0 Å². The first-order chi connectivity index (χ1) is 14.2. The van der Waals surface area contributed by atoms with Crippen molar-refractivity contribution in [2.24, 2.45) is 0 Å². The van der Waals surface area contributed by atoms with Crippen LogP contribution in [0.2, 0.25) is 5.02 Å². The number of rotatable bonds is 7. The average Bonchev–Trinajstić information content (AvgIpc) is 3.16. The van der Waals surface area contributed by atoms with Crippen LogP contribution in [0, 0.1) is 0 Å². The number of aromatic nitrogens is 3. The van der Waals surface area contributed by atoms with Crippen molar-refractivity contribution in [3.63, 3.8) is 0 Å². The Hall–Kier alpha value is -2.28. The summed E-state index contributed by atoms with van der Waals surface area (Å²) in [5.41, 5.74) is 3.27. The zero-order valence-corrected chi connectivity index (χ0v) is 18.6. The van der Waals surface area contributed by atoms with Gasteiger partial charge in [-0.1, -0.05) is 69.6 Å². The molecule has 4 nitrogen and oxygen atoms in total. The summed E-state index contributed by atoms with van der Waals surface area (Å²) in [4.78, 5) is 0. The van der Waals surface area contributed by atoms with Crippen molar-refractivity contribution in [2.45, 2.75) is 17.5 Å². The predicted molar refractivity (Wildman–Crippen MR) is 124 cm³/mol. The predicted octanol–water partition coefficient (Wildman–Crippen LogP) is 6.59. The minimum atomic E-state index is 0.558. The van der Waals surface area contributed by atoms with Crippen molar-refractivity contribution >= 4 is 45.0 Å². The third kappa shape index (κ3) is 5.21. The summed E-state index contributed by atoms with van der Waals surface area (Å²) in [6, 6.07) is 26.2. The van der Waals surface area contributed by atoms with Gasteiger partial charge in [-0.05, 0) is 54.1 Å². The van der Waals surface area contributed by atoms with Crippen LogP contribution in [0.3, 0.4) is 0 Å². The van der Waals surface area contributed by atoms with E-state index in [4.69, 9.17) is 11.6 Å². The Labute approximate surface area is 187 Å². The van der Waals surface area contributed by atoms with Crippen LogP contribution in [-0.4, -0.2) is 14.8 Å². The summed E-state index contributed by atoms with van der Waals surface area (Å²) in [5, 5.41) is 13.9. The van der Waals surface area contributed by atoms with Crippen LogP contribution in [0.25, 0.3) is 5.69 Å². The van der Waals surface area contributed by atoms with Gasteiger partial charge in [-0.3, -0.25) is 4.57 Å². The monoisotopic (exact) mass is 484 g/mol. The lowest BCUT2D eigenvalue weighted by atomic mass is 10.2. The molecule has 0 bridgehead atoms. The molecule has 0 aliphatic carbocycles. The molecular formula is C22H18BrClN4S. The first kappa shape index (κ1) is 20.0. The van der Waals surface area contributed by atoms with Gasteiger partial charge in [0.15, 0.2) is 11.0 Å². The third-order valence-electron chi connectivity index (χ3n) is 4.29. The number of para-hydroxylation sites is 1. The summed E-state index contributed by atoms with van der Waals surface area (Å²) in [5.74, 6) is 1.67. The SMILES string of the molecule is Clc1ccc(NCc2nnc(SCc3ccc(Br)cc3)n2-c2ccccc2)cc1. The molecule has 1 aromatic heterocycles. The zero-order chi connectivity index (χ0) is 20.1. The van der Waals surface area contributed by atoms with E-state index in [1.807, 2.05) is 42.5 Å². The lowest BCUT2D eigenvalue weighted by molar-refractivity contribution is 0.841. The highest BCUT2D eigenvalue weighted by atomic mass is 79.9. The smallest absolute Gasteiger partial charge is 0.196 e. The molecular weight excluding hydrogens is 468 g/mol. The number of hydrogen-bond acceptors (Lipinski definition) is 4. The Bertz CT molecular complexity index is 999. The van der Waals surface area contributed by atoms with Gasteiger partial charge in [0.1, 0.15) is 0 Å². The molecule has 4 rings (SSSR count).